The highest BCUT2D eigenvalue weighted by atomic mass is 32.1. The summed E-state index contributed by atoms with van der Waals surface area (Å²) in [5.74, 6) is 0.00619. The van der Waals surface area contributed by atoms with Crippen molar-refractivity contribution in [1.29, 1.82) is 0 Å². The lowest BCUT2D eigenvalue weighted by molar-refractivity contribution is 0.0391. The Balaban J connectivity index is 1.66. The van der Waals surface area contributed by atoms with Gasteiger partial charge in [0.05, 0.1) is 23.4 Å². The summed E-state index contributed by atoms with van der Waals surface area (Å²) in [6.07, 6.45) is 0. The van der Waals surface area contributed by atoms with E-state index in [1.807, 2.05) is 36.1 Å². The van der Waals surface area contributed by atoms with Gasteiger partial charge in [-0.15, -0.1) is 0 Å². The number of carbonyl (C=O) groups excluding carboxylic acids is 1. The molecule has 1 aliphatic rings. The maximum absolute atomic E-state index is 13.4. The van der Waals surface area contributed by atoms with Crippen molar-refractivity contribution in [3.05, 3.63) is 58.7 Å². The summed E-state index contributed by atoms with van der Waals surface area (Å²) in [7, 11) is 0. The smallest absolute Gasteiger partial charge is 0.260 e. The van der Waals surface area contributed by atoms with Crippen LogP contribution in [0.3, 0.4) is 0 Å². The molecular formula is C23H27N3O2S. The average molecular weight is 410 g/mol. The molecule has 1 amide bonds. The fourth-order valence-corrected chi connectivity index (χ4v) is 4.84. The Morgan fingerprint density at radius 3 is 2.55 bits per heavy atom. The molecule has 0 unspecified atom stereocenters. The third-order valence-corrected chi connectivity index (χ3v) is 6.36. The molecule has 2 heterocycles. The molecule has 3 aromatic rings. The Bertz CT molecular complexity index is 1010. The van der Waals surface area contributed by atoms with Crippen LogP contribution < -0.4 is 4.90 Å². The lowest BCUT2D eigenvalue weighted by Crippen LogP contribution is -2.43. The van der Waals surface area contributed by atoms with Gasteiger partial charge in [-0.1, -0.05) is 35.1 Å². The van der Waals surface area contributed by atoms with Crippen LogP contribution in [0.25, 0.3) is 10.2 Å². The van der Waals surface area contributed by atoms with Gasteiger partial charge >= 0.3 is 0 Å². The highest BCUT2D eigenvalue weighted by Gasteiger charge is 2.23. The van der Waals surface area contributed by atoms with Crippen LogP contribution in [0.4, 0.5) is 5.13 Å². The minimum Gasteiger partial charge on any atom is -0.379 e. The number of aromatic nitrogens is 1. The van der Waals surface area contributed by atoms with Gasteiger partial charge in [0.15, 0.2) is 5.13 Å². The number of ether oxygens (including phenoxy) is 1. The number of aryl methyl sites for hydroxylation is 3. The molecule has 5 nitrogen and oxygen atoms in total. The van der Waals surface area contributed by atoms with Crippen LogP contribution in [0.5, 0.6) is 0 Å². The first kappa shape index (κ1) is 20.0. The van der Waals surface area contributed by atoms with E-state index in [2.05, 4.69) is 30.9 Å². The molecule has 1 fully saturated rings. The number of nitrogens with zero attached hydrogens (tertiary/aromatic N) is 3. The van der Waals surface area contributed by atoms with Crippen LogP contribution >= 0.6 is 11.3 Å². The summed E-state index contributed by atoms with van der Waals surface area (Å²) in [5, 5.41) is 0.771. The Morgan fingerprint density at radius 2 is 1.83 bits per heavy atom. The van der Waals surface area contributed by atoms with E-state index < -0.39 is 0 Å². The molecule has 0 bridgehead atoms. The highest BCUT2D eigenvalue weighted by Crippen LogP contribution is 2.32. The predicted molar refractivity (Wildman–Crippen MR) is 119 cm³/mol. The van der Waals surface area contributed by atoms with Crippen LogP contribution in [0.2, 0.25) is 0 Å². The molecular weight excluding hydrogens is 382 g/mol. The van der Waals surface area contributed by atoms with Crippen LogP contribution in [-0.2, 0) is 4.74 Å². The summed E-state index contributed by atoms with van der Waals surface area (Å²) in [6.45, 7) is 11.0. The molecule has 4 rings (SSSR count). The van der Waals surface area contributed by atoms with E-state index in [0.29, 0.717) is 12.1 Å². The van der Waals surface area contributed by atoms with Gasteiger partial charge in [0.2, 0.25) is 0 Å². The Labute approximate surface area is 175 Å². The monoisotopic (exact) mass is 409 g/mol. The maximum Gasteiger partial charge on any atom is 0.260 e. The van der Waals surface area contributed by atoms with E-state index in [0.717, 1.165) is 59.3 Å². The van der Waals surface area contributed by atoms with Gasteiger partial charge in [0, 0.05) is 31.7 Å². The molecule has 1 saturated heterocycles. The zero-order valence-electron chi connectivity index (χ0n) is 17.3. The minimum absolute atomic E-state index is 0.00619. The van der Waals surface area contributed by atoms with Crippen molar-refractivity contribution in [3.63, 3.8) is 0 Å². The van der Waals surface area contributed by atoms with E-state index in [-0.39, 0.29) is 5.91 Å². The molecule has 0 spiro atoms. The van der Waals surface area contributed by atoms with Crippen molar-refractivity contribution in [2.75, 3.05) is 44.3 Å². The van der Waals surface area contributed by atoms with E-state index in [1.165, 1.54) is 5.56 Å². The third kappa shape index (κ3) is 4.50. The number of benzene rings is 2. The number of fused-ring (bicyclic) bond motifs is 1. The summed E-state index contributed by atoms with van der Waals surface area (Å²) >= 11 is 1.60. The quantitative estimate of drug-likeness (QED) is 0.634. The molecule has 6 heteroatoms. The topological polar surface area (TPSA) is 45.7 Å². The number of hydrogen-bond donors (Lipinski definition) is 0. The molecule has 0 atom stereocenters. The van der Waals surface area contributed by atoms with E-state index in [1.54, 1.807) is 11.3 Å². The first-order valence-corrected chi connectivity index (χ1v) is 10.9. The lowest BCUT2D eigenvalue weighted by atomic mass is 10.1. The first-order valence-electron chi connectivity index (χ1n) is 10.1. The average Bonchev–Trinajstić information content (AvgIpc) is 3.13. The van der Waals surface area contributed by atoms with Gasteiger partial charge in [-0.25, -0.2) is 4.98 Å². The van der Waals surface area contributed by atoms with Crippen molar-refractivity contribution in [3.8, 4) is 0 Å². The van der Waals surface area contributed by atoms with Gasteiger partial charge in [-0.2, -0.15) is 0 Å². The highest BCUT2D eigenvalue weighted by molar-refractivity contribution is 7.22. The van der Waals surface area contributed by atoms with Crippen molar-refractivity contribution >= 4 is 32.6 Å². The van der Waals surface area contributed by atoms with E-state index >= 15 is 0 Å². The standard InChI is InChI=1S/C23H27N3O2S/c1-16-4-6-19(7-5-16)22(27)26(9-8-25-10-12-28-13-11-25)23-24-21-18(3)14-17(2)15-20(21)29-23/h4-7,14-15H,8-13H2,1-3H3. The number of morpholine rings is 1. The lowest BCUT2D eigenvalue weighted by Gasteiger charge is -2.29. The van der Waals surface area contributed by atoms with Gasteiger partial charge in [-0.3, -0.25) is 14.6 Å². The molecule has 152 valence electrons. The van der Waals surface area contributed by atoms with Crippen LogP contribution in [0.1, 0.15) is 27.0 Å². The van der Waals surface area contributed by atoms with Crippen molar-refractivity contribution in [2.24, 2.45) is 0 Å². The van der Waals surface area contributed by atoms with Crippen molar-refractivity contribution in [2.45, 2.75) is 20.8 Å². The molecule has 0 aliphatic carbocycles. The SMILES string of the molecule is Cc1ccc(C(=O)N(CCN2CCOCC2)c2nc3c(C)cc(C)cc3s2)cc1. The zero-order valence-corrected chi connectivity index (χ0v) is 18.1. The summed E-state index contributed by atoms with van der Waals surface area (Å²) in [6, 6.07) is 12.1. The van der Waals surface area contributed by atoms with Gasteiger partial charge in [-0.05, 0) is 50.1 Å². The Hall–Kier alpha value is -2.28. The number of amides is 1. The number of rotatable bonds is 5. The normalized spacial score (nSPS) is 15.0. The zero-order chi connectivity index (χ0) is 20.4. The van der Waals surface area contributed by atoms with E-state index in [4.69, 9.17) is 9.72 Å². The van der Waals surface area contributed by atoms with Gasteiger partial charge < -0.3 is 4.74 Å². The molecule has 0 radical (unpaired) electrons. The summed E-state index contributed by atoms with van der Waals surface area (Å²) < 4.78 is 6.58. The number of hydrogen-bond acceptors (Lipinski definition) is 5. The van der Waals surface area contributed by atoms with Crippen LogP contribution in [0, 0.1) is 20.8 Å². The number of carbonyl (C=O) groups is 1. The minimum atomic E-state index is 0.00619. The fourth-order valence-electron chi connectivity index (χ4n) is 3.68. The molecule has 0 saturated carbocycles. The van der Waals surface area contributed by atoms with Crippen molar-refractivity contribution in [1.82, 2.24) is 9.88 Å². The molecule has 0 N–H and O–H groups in total. The van der Waals surface area contributed by atoms with Gasteiger partial charge in [0.1, 0.15) is 0 Å². The second kappa shape index (κ2) is 8.61. The van der Waals surface area contributed by atoms with Crippen molar-refractivity contribution < 1.29 is 9.53 Å². The van der Waals surface area contributed by atoms with Gasteiger partial charge in [0.25, 0.3) is 5.91 Å². The fraction of sp³-hybridized carbons (Fsp3) is 0.391. The second-order valence-electron chi connectivity index (χ2n) is 7.70. The van der Waals surface area contributed by atoms with E-state index in [9.17, 15) is 4.79 Å². The number of thiazole rings is 1. The molecule has 29 heavy (non-hydrogen) atoms. The largest absolute Gasteiger partial charge is 0.379 e. The summed E-state index contributed by atoms with van der Waals surface area (Å²) in [5.41, 5.74) is 5.20. The molecule has 2 aromatic carbocycles. The number of anilines is 1. The molecule has 1 aromatic heterocycles. The Kier molecular flexibility index (Phi) is 5.94. The second-order valence-corrected chi connectivity index (χ2v) is 8.71. The third-order valence-electron chi connectivity index (χ3n) is 5.34. The summed E-state index contributed by atoms with van der Waals surface area (Å²) in [4.78, 5) is 22.5. The molecule has 1 aliphatic heterocycles. The predicted octanol–water partition coefficient (Wildman–Crippen LogP) is 4.20. The first-order chi connectivity index (χ1) is 14.0. The van der Waals surface area contributed by atoms with Crippen LogP contribution in [-0.4, -0.2) is 55.2 Å². The Morgan fingerprint density at radius 1 is 1.10 bits per heavy atom. The maximum atomic E-state index is 13.4. The van der Waals surface area contributed by atoms with Crippen LogP contribution in [0.15, 0.2) is 36.4 Å².